The van der Waals surface area contributed by atoms with Gasteiger partial charge >= 0.3 is 0 Å². The van der Waals surface area contributed by atoms with E-state index in [-0.39, 0.29) is 0 Å². The van der Waals surface area contributed by atoms with Crippen LogP contribution in [-0.4, -0.2) is 6.21 Å². The molecule has 2 aliphatic carbocycles. The van der Waals surface area contributed by atoms with Crippen molar-refractivity contribution in [2.24, 2.45) is 10.9 Å². The quantitative estimate of drug-likeness (QED) is 0.255. The van der Waals surface area contributed by atoms with Gasteiger partial charge in [-0.1, -0.05) is 90.9 Å². The van der Waals surface area contributed by atoms with E-state index in [1.54, 1.807) is 16.9 Å². The van der Waals surface area contributed by atoms with Crippen LogP contribution in [0.2, 0.25) is 0 Å². The summed E-state index contributed by atoms with van der Waals surface area (Å²) in [5, 5.41) is 4.93. The molecule has 0 N–H and O–H groups in total. The number of thiophene rings is 1. The van der Waals surface area contributed by atoms with Crippen LogP contribution < -0.4 is 0 Å². The number of aryl methyl sites for hydroxylation is 1. The maximum Gasteiger partial charge on any atom is 0.0321 e. The first-order valence-electron chi connectivity index (χ1n) is 12.9. The van der Waals surface area contributed by atoms with Crippen molar-refractivity contribution >= 4 is 40.0 Å². The summed E-state index contributed by atoms with van der Waals surface area (Å²) in [6.45, 7) is 4.59. The number of hydrogen-bond donors (Lipinski definition) is 0. The maximum atomic E-state index is 4.06. The summed E-state index contributed by atoms with van der Waals surface area (Å²) in [5.41, 5.74) is 10.3. The maximum absolute atomic E-state index is 4.06. The lowest BCUT2D eigenvalue weighted by Crippen LogP contribution is -2.18. The molecule has 2 atom stereocenters. The average molecular weight is 486 g/mol. The molecular formula is C34H31NS. The Bertz CT molecular complexity index is 1530. The zero-order chi connectivity index (χ0) is 24.5. The lowest BCUT2D eigenvalue weighted by molar-refractivity contribution is 0.614. The molecule has 7 rings (SSSR count). The van der Waals surface area contributed by atoms with Gasteiger partial charge in [0.25, 0.3) is 0 Å². The summed E-state index contributed by atoms with van der Waals surface area (Å²) in [6, 6.07) is 24.6. The number of rotatable bonds is 1. The first-order chi connectivity index (χ1) is 17.7. The number of hydrogen-bond acceptors (Lipinski definition) is 2. The fourth-order valence-electron chi connectivity index (χ4n) is 5.79. The molecule has 0 spiro atoms. The largest absolute Gasteiger partial charge is 0.269 e. The zero-order valence-corrected chi connectivity index (χ0v) is 21.8. The van der Waals surface area contributed by atoms with Gasteiger partial charge in [-0.2, -0.15) is 0 Å². The Hall–Kier alpha value is -3.49. The highest BCUT2D eigenvalue weighted by molar-refractivity contribution is 7.11. The van der Waals surface area contributed by atoms with E-state index in [1.165, 1.54) is 49.0 Å². The number of benzene rings is 3. The van der Waals surface area contributed by atoms with Crippen molar-refractivity contribution in [3.63, 3.8) is 0 Å². The molecule has 0 radical (unpaired) electrons. The van der Waals surface area contributed by atoms with E-state index in [0.717, 1.165) is 19.3 Å². The van der Waals surface area contributed by atoms with E-state index >= 15 is 0 Å². The van der Waals surface area contributed by atoms with E-state index < -0.39 is 0 Å². The summed E-state index contributed by atoms with van der Waals surface area (Å²) < 4.78 is 0. The molecule has 3 aliphatic rings. The van der Waals surface area contributed by atoms with Crippen molar-refractivity contribution in [1.82, 2.24) is 0 Å². The standard InChI is InChI=1S/C26H24.C8H7NS/c1-17-8-11-22-21(14-17)10-13-24-23-12-9-20(19-6-4-3-5-7-19)16-25(23)18(2)15-26(22)24;1-4-9-5-2-8-7(1)3-6-10-8/h3-14,18,20H,15-16H2,1-2H3;2-6H,1H2. The van der Waals surface area contributed by atoms with Crippen LogP contribution in [-0.2, 0) is 12.8 Å². The van der Waals surface area contributed by atoms with Crippen molar-refractivity contribution in [2.75, 3.05) is 0 Å². The van der Waals surface area contributed by atoms with Crippen LogP contribution in [0, 0.1) is 12.8 Å². The highest BCUT2D eigenvalue weighted by Gasteiger charge is 2.28. The minimum atomic E-state index is 0.516. The summed E-state index contributed by atoms with van der Waals surface area (Å²) >= 11 is 1.77. The van der Waals surface area contributed by atoms with Crippen molar-refractivity contribution in [2.45, 2.75) is 39.0 Å². The highest BCUT2D eigenvalue weighted by Crippen LogP contribution is 2.45. The van der Waals surface area contributed by atoms with Gasteiger partial charge < -0.3 is 0 Å². The van der Waals surface area contributed by atoms with Crippen LogP contribution in [0.4, 0.5) is 0 Å². The Balaban J connectivity index is 0.000000200. The minimum absolute atomic E-state index is 0.516. The normalized spacial score (nSPS) is 19.7. The summed E-state index contributed by atoms with van der Waals surface area (Å²) in [6.07, 6.45) is 13.9. The van der Waals surface area contributed by atoms with Gasteiger partial charge in [0.05, 0.1) is 0 Å². The van der Waals surface area contributed by atoms with Gasteiger partial charge in [0.15, 0.2) is 0 Å². The number of aliphatic imine (C=N–C) groups is 1. The Morgan fingerprint density at radius 2 is 1.81 bits per heavy atom. The molecule has 0 amide bonds. The Morgan fingerprint density at radius 1 is 0.917 bits per heavy atom. The monoisotopic (exact) mass is 485 g/mol. The molecule has 36 heavy (non-hydrogen) atoms. The third-order valence-corrected chi connectivity index (χ3v) is 8.62. The minimum Gasteiger partial charge on any atom is -0.269 e. The van der Waals surface area contributed by atoms with Crippen LogP contribution in [0.3, 0.4) is 0 Å². The van der Waals surface area contributed by atoms with Gasteiger partial charge in [0.2, 0.25) is 0 Å². The first kappa shape index (κ1) is 22.9. The van der Waals surface area contributed by atoms with Crippen LogP contribution in [0.15, 0.2) is 101 Å². The molecule has 4 aromatic rings. The molecular weight excluding hydrogens is 454 g/mol. The molecule has 0 saturated heterocycles. The molecule has 0 saturated carbocycles. The van der Waals surface area contributed by atoms with Gasteiger partial charge in [-0.15, -0.1) is 11.3 Å². The van der Waals surface area contributed by atoms with Crippen molar-refractivity contribution in [1.29, 1.82) is 0 Å². The Kier molecular flexibility index (Phi) is 6.29. The fourth-order valence-corrected chi connectivity index (χ4v) is 6.61. The van der Waals surface area contributed by atoms with Crippen LogP contribution in [0.25, 0.3) is 22.4 Å². The smallest absolute Gasteiger partial charge is 0.0321 e. The molecule has 2 heteroatoms. The topological polar surface area (TPSA) is 12.4 Å². The van der Waals surface area contributed by atoms with Crippen LogP contribution >= 0.6 is 11.3 Å². The lowest BCUT2D eigenvalue weighted by atomic mass is 9.71. The van der Waals surface area contributed by atoms with Gasteiger partial charge in [0.1, 0.15) is 0 Å². The van der Waals surface area contributed by atoms with E-state index in [4.69, 9.17) is 0 Å². The van der Waals surface area contributed by atoms with E-state index in [9.17, 15) is 0 Å². The first-order valence-corrected chi connectivity index (χ1v) is 13.8. The van der Waals surface area contributed by atoms with Crippen molar-refractivity contribution < 1.29 is 0 Å². The molecule has 1 nitrogen and oxygen atoms in total. The SMILES string of the molecule is C1=Cc2sccc2CC=N1.Cc1ccc2c3c(ccc2c1)C1=C(CC(c2ccccc2)C=C1)C(C)C3. The average Bonchev–Trinajstić information content (AvgIpc) is 3.24. The van der Waals surface area contributed by atoms with Crippen molar-refractivity contribution in [3.8, 4) is 0 Å². The second-order valence-electron chi connectivity index (χ2n) is 10.1. The second-order valence-corrected chi connectivity index (χ2v) is 11.1. The van der Waals surface area contributed by atoms with Crippen LogP contribution in [0.1, 0.15) is 52.0 Å². The van der Waals surface area contributed by atoms with Gasteiger partial charge in [-0.3, -0.25) is 4.99 Å². The molecule has 1 aromatic heterocycles. The second kappa shape index (κ2) is 9.87. The molecule has 0 fully saturated rings. The molecule has 0 bridgehead atoms. The highest BCUT2D eigenvalue weighted by atomic mass is 32.1. The van der Waals surface area contributed by atoms with Gasteiger partial charge in [-0.25, -0.2) is 0 Å². The Labute approximate surface area is 218 Å². The summed E-state index contributed by atoms with van der Waals surface area (Å²) in [4.78, 5) is 5.40. The van der Waals surface area contributed by atoms with Crippen molar-refractivity contribution in [3.05, 3.63) is 129 Å². The lowest BCUT2D eigenvalue weighted by Gasteiger charge is -2.33. The third-order valence-electron chi connectivity index (χ3n) is 7.70. The van der Waals surface area contributed by atoms with Gasteiger partial charge in [0, 0.05) is 29.6 Å². The van der Waals surface area contributed by atoms with E-state index in [0.29, 0.717) is 11.8 Å². The molecule has 1 aliphatic heterocycles. The molecule has 178 valence electrons. The zero-order valence-electron chi connectivity index (χ0n) is 20.9. The number of allylic oxidation sites excluding steroid dienone is 4. The van der Waals surface area contributed by atoms with E-state index in [2.05, 4.69) is 109 Å². The molecule has 3 aromatic carbocycles. The number of fused-ring (bicyclic) bond motifs is 5. The predicted molar refractivity (Wildman–Crippen MR) is 157 cm³/mol. The van der Waals surface area contributed by atoms with Gasteiger partial charge in [-0.05, 0) is 81.8 Å². The summed E-state index contributed by atoms with van der Waals surface area (Å²) in [5.74, 6) is 1.13. The third kappa shape index (κ3) is 4.42. The summed E-state index contributed by atoms with van der Waals surface area (Å²) in [7, 11) is 0. The van der Waals surface area contributed by atoms with E-state index in [1.807, 2.05) is 12.4 Å². The fraction of sp³-hybridized carbons (Fsp3) is 0.206. The predicted octanol–water partition coefficient (Wildman–Crippen LogP) is 9.18. The number of nitrogens with zero attached hydrogens (tertiary/aromatic N) is 1. The Morgan fingerprint density at radius 3 is 2.69 bits per heavy atom. The molecule has 2 unspecified atom stereocenters. The van der Waals surface area contributed by atoms with Crippen LogP contribution in [0.5, 0.6) is 0 Å². The molecule has 2 heterocycles.